The smallest absolute Gasteiger partial charge is 0.203 e. The molecule has 0 spiro atoms. The number of phenols is 1. The predicted octanol–water partition coefficient (Wildman–Crippen LogP) is 6.56. The van der Waals surface area contributed by atoms with Crippen LogP contribution in [0.4, 0.5) is 0 Å². The zero-order valence-electron chi connectivity index (χ0n) is 29.0. The molecule has 49 heavy (non-hydrogen) atoms. The molecule has 11 heteroatoms. The molecule has 2 N–H and O–H groups in total. The second-order valence-electron chi connectivity index (χ2n) is 10.7. The van der Waals surface area contributed by atoms with Gasteiger partial charge in [-0.25, -0.2) is 0 Å². The molecule has 0 radical (unpaired) electrons. The molecular formula is C38H43NO10. The van der Waals surface area contributed by atoms with E-state index in [1.165, 1.54) is 28.4 Å². The van der Waals surface area contributed by atoms with Crippen LogP contribution in [-0.2, 0) is 12.8 Å². The van der Waals surface area contributed by atoms with E-state index in [0.29, 0.717) is 64.4 Å². The fourth-order valence-corrected chi connectivity index (χ4v) is 5.38. The maximum Gasteiger partial charge on any atom is 0.203 e. The van der Waals surface area contributed by atoms with E-state index in [0.717, 1.165) is 27.6 Å². The van der Waals surface area contributed by atoms with E-state index >= 15 is 0 Å². The first-order chi connectivity index (χ1) is 23.7. The average molecular weight is 674 g/mol. The fourth-order valence-electron chi connectivity index (χ4n) is 5.38. The van der Waals surface area contributed by atoms with Gasteiger partial charge in [0.05, 0.1) is 68.7 Å². The van der Waals surface area contributed by atoms with Crippen LogP contribution in [0.1, 0.15) is 28.5 Å². The van der Waals surface area contributed by atoms with Gasteiger partial charge in [-0.05, 0) is 76.7 Å². The van der Waals surface area contributed by atoms with Crippen LogP contribution in [0.15, 0.2) is 72.9 Å². The highest BCUT2D eigenvalue weighted by atomic mass is 16.5. The molecule has 0 fully saturated rings. The molecule has 0 bridgehead atoms. The summed E-state index contributed by atoms with van der Waals surface area (Å²) < 4.78 is 42.4. The van der Waals surface area contributed by atoms with Crippen molar-refractivity contribution in [1.82, 2.24) is 4.98 Å². The summed E-state index contributed by atoms with van der Waals surface area (Å²) in [6.45, 7) is 0. The number of aliphatic hydroxyl groups excluding tert-OH is 1. The highest BCUT2D eigenvalue weighted by Gasteiger charge is 2.18. The summed E-state index contributed by atoms with van der Waals surface area (Å²) >= 11 is 0. The lowest BCUT2D eigenvalue weighted by Crippen LogP contribution is -2.04. The quantitative estimate of drug-likeness (QED) is 0.141. The fraction of sp³-hybridized carbons (Fsp3) is 0.289. The Labute approximate surface area is 286 Å². The Morgan fingerprint density at radius 3 is 1.67 bits per heavy atom. The van der Waals surface area contributed by atoms with E-state index in [2.05, 4.69) is 4.98 Å². The number of pyridine rings is 1. The van der Waals surface area contributed by atoms with Crippen LogP contribution in [0, 0.1) is 0 Å². The molecule has 0 aliphatic carbocycles. The second-order valence-corrected chi connectivity index (χ2v) is 10.7. The van der Waals surface area contributed by atoms with Gasteiger partial charge in [-0.15, -0.1) is 0 Å². The molecule has 1 atom stereocenters. The minimum Gasteiger partial charge on any atom is -0.504 e. The number of aromatic nitrogens is 1. The summed E-state index contributed by atoms with van der Waals surface area (Å²) in [5.41, 5.74) is 3.45. The lowest BCUT2D eigenvalue weighted by atomic mass is 10.00. The van der Waals surface area contributed by atoms with E-state index in [4.69, 9.17) is 37.9 Å². The standard InChI is InChI=1S/C20H21NO4.C18H22O6/c1-22-17-6-5-13(10-18(17)23-2)9-16-15-12-20(25-4)19(24-3)11-14(15)7-8-21-16;1-21-15-6-5-11(8-14(15)20)7-13(19)12-9-16(22-2)18(24-4)17(10-12)23-3/h5-8,10-12H,9H2,1-4H3;5-6,8-10,13,19-20H,7H2,1-4H3/t;13-/m.1/s1. The van der Waals surface area contributed by atoms with Gasteiger partial charge in [0.2, 0.25) is 5.75 Å². The van der Waals surface area contributed by atoms with Gasteiger partial charge in [-0.3, -0.25) is 4.98 Å². The first-order valence-corrected chi connectivity index (χ1v) is 15.3. The average Bonchev–Trinajstić information content (AvgIpc) is 3.13. The Kier molecular flexibility index (Phi) is 12.6. The second kappa shape index (κ2) is 17.0. The third-order valence-electron chi connectivity index (χ3n) is 7.91. The van der Waals surface area contributed by atoms with Gasteiger partial charge in [0.15, 0.2) is 46.0 Å². The van der Waals surface area contributed by atoms with Crippen molar-refractivity contribution in [3.05, 3.63) is 95.3 Å². The van der Waals surface area contributed by atoms with Crippen molar-refractivity contribution in [1.29, 1.82) is 0 Å². The molecule has 1 aromatic heterocycles. The van der Waals surface area contributed by atoms with Crippen molar-refractivity contribution in [3.63, 3.8) is 0 Å². The summed E-state index contributed by atoms with van der Waals surface area (Å²) in [5.74, 6) is 4.66. The van der Waals surface area contributed by atoms with Crippen molar-refractivity contribution in [3.8, 4) is 51.7 Å². The largest absolute Gasteiger partial charge is 0.504 e. The number of nitrogens with zero attached hydrogens (tertiary/aromatic N) is 1. The number of hydrogen-bond donors (Lipinski definition) is 2. The number of aromatic hydroxyl groups is 1. The van der Waals surface area contributed by atoms with Gasteiger partial charge in [0.25, 0.3) is 0 Å². The van der Waals surface area contributed by atoms with Crippen molar-refractivity contribution in [2.45, 2.75) is 18.9 Å². The molecule has 5 aromatic rings. The summed E-state index contributed by atoms with van der Waals surface area (Å²) in [5, 5.41) is 22.5. The van der Waals surface area contributed by atoms with Crippen LogP contribution in [0.25, 0.3) is 10.8 Å². The molecule has 1 heterocycles. The van der Waals surface area contributed by atoms with E-state index in [-0.39, 0.29) is 5.75 Å². The minimum atomic E-state index is -0.800. The summed E-state index contributed by atoms with van der Waals surface area (Å²) in [6.07, 6.45) is 2.00. The molecule has 4 aromatic carbocycles. The number of phenolic OH excluding ortho intramolecular Hbond substituents is 1. The number of methoxy groups -OCH3 is 8. The number of benzene rings is 4. The number of fused-ring (bicyclic) bond motifs is 1. The molecule has 0 aliphatic rings. The van der Waals surface area contributed by atoms with Crippen molar-refractivity contribution >= 4 is 10.8 Å². The van der Waals surface area contributed by atoms with Gasteiger partial charge in [-0.1, -0.05) is 12.1 Å². The Morgan fingerprint density at radius 2 is 1.10 bits per heavy atom. The molecule has 260 valence electrons. The molecule has 0 amide bonds. The van der Waals surface area contributed by atoms with E-state index in [9.17, 15) is 10.2 Å². The molecule has 0 aliphatic heterocycles. The first kappa shape index (κ1) is 36.3. The van der Waals surface area contributed by atoms with E-state index < -0.39 is 6.10 Å². The third-order valence-corrected chi connectivity index (χ3v) is 7.91. The van der Waals surface area contributed by atoms with Gasteiger partial charge in [0, 0.05) is 24.4 Å². The van der Waals surface area contributed by atoms with Gasteiger partial charge in [0.1, 0.15) is 0 Å². The van der Waals surface area contributed by atoms with Gasteiger partial charge < -0.3 is 48.1 Å². The zero-order chi connectivity index (χ0) is 35.5. The normalized spacial score (nSPS) is 11.1. The Balaban J connectivity index is 0.000000221. The highest BCUT2D eigenvalue weighted by Crippen LogP contribution is 2.40. The molecule has 0 saturated heterocycles. The minimum absolute atomic E-state index is 0.0343. The van der Waals surface area contributed by atoms with Crippen LogP contribution in [0.2, 0.25) is 0 Å². The van der Waals surface area contributed by atoms with Gasteiger partial charge >= 0.3 is 0 Å². The summed E-state index contributed by atoms with van der Waals surface area (Å²) in [6, 6.07) is 20.2. The first-order valence-electron chi connectivity index (χ1n) is 15.3. The third kappa shape index (κ3) is 8.49. The van der Waals surface area contributed by atoms with Crippen LogP contribution in [0.5, 0.6) is 51.7 Å². The molecule has 5 rings (SSSR count). The number of aliphatic hydroxyl groups is 1. The van der Waals surface area contributed by atoms with Crippen molar-refractivity contribution in [2.24, 2.45) is 0 Å². The summed E-state index contributed by atoms with van der Waals surface area (Å²) in [7, 11) is 12.6. The van der Waals surface area contributed by atoms with Crippen LogP contribution in [-0.4, -0.2) is 72.1 Å². The topological polar surface area (TPSA) is 127 Å². The lowest BCUT2D eigenvalue weighted by Gasteiger charge is -2.17. The summed E-state index contributed by atoms with van der Waals surface area (Å²) in [4.78, 5) is 4.56. The SMILES string of the molecule is COc1ccc(C[C@@H](O)c2cc(OC)c(OC)c(OC)c2)cc1O.COc1ccc(Cc2nccc3cc(OC)c(OC)cc23)cc1OC. The van der Waals surface area contributed by atoms with E-state index in [1.807, 2.05) is 42.6 Å². The Bertz CT molecular complexity index is 1830. The molecule has 0 saturated carbocycles. The van der Waals surface area contributed by atoms with Crippen molar-refractivity contribution < 1.29 is 48.1 Å². The monoisotopic (exact) mass is 673 g/mol. The van der Waals surface area contributed by atoms with Crippen LogP contribution < -0.4 is 37.9 Å². The van der Waals surface area contributed by atoms with Crippen molar-refractivity contribution in [2.75, 3.05) is 56.9 Å². The van der Waals surface area contributed by atoms with E-state index in [1.54, 1.807) is 58.8 Å². The molecular weight excluding hydrogens is 630 g/mol. The number of hydrogen-bond acceptors (Lipinski definition) is 11. The molecule has 0 unspecified atom stereocenters. The Morgan fingerprint density at radius 1 is 0.551 bits per heavy atom. The van der Waals surface area contributed by atoms with Gasteiger partial charge in [-0.2, -0.15) is 0 Å². The van der Waals surface area contributed by atoms with Crippen LogP contribution in [0.3, 0.4) is 0 Å². The molecule has 11 nitrogen and oxygen atoms in total. The maximum atomic E-state index is 10.5. The Hall–Kier alpha value is -5.55. The lowest BCUT2D eigenvalue weighted by molar-refractivity contribution is 0.177. The number of rotatable bonds is 13. The highest BCUT2D eigenvalue weighted by molar-refractivity contribution is 5.88. The predicted molar refractivity (Wildman–Crippen MR) is 187 cm³/mol. The maximum absolute atomic E-state index is 10.5. The zero-order valence-corrected chi connectivity index (χ0v) is 29.0. The number of ether oxygens (including phenoxy) is 8. The van der Waals surface area contributed by atoms with Crippen LogP contribution >= 0.6 is 0 Å².